The smallest absolute Gasteiger partial charge is 0.321 e. The Labute approximate surface area is 214 Å². The molecular formula is C25H31N9O3. The Morgan fingerprint density at radius 1 is 1.30 bits per heavy atom. The molecule has 194 valence electrons. The molecule has 37 heavy (non-hydrogen) atoms. The molecule has 5 heterocycles. The minimum Gasteiger partial charge on any atom is -0.494 e. The number of ether oxygens (including phenoxy) is 2. The lowest BCUT2D eigenvalue weighted by Crippen LogP contribution is -2.44. The fourth-order valence-corrected chi connectivity index (χ4v) is 4.62. The number of carbonyl (C=O) groups excluding carboxylic acids is 1. The normalized spacial score (nSPS) is 17.5. The third-order valence-corrected chi connectivity index (χ3v) is 6.60. The first-order chi connectivity index (χ1) is 18.1. The van der Waals surface area contributed by atoms with Crippen molar-refractivity contribution in [2.75, 3.05) is 55.5 Å². The van der Waals surface area contributed by atoms with Gasteiger partial charge in [0.2, 0.25) is 0 Å². The van der Waals surface area contributed by atoms with Gasteiger partial charge in [0.1, 0.15) is 28.9 Å². The van der Waals surface area contributed by atoms with Crippen LogP contribution in [0.3, 0.4) is 0 Å². The number of carbonyl (C=O) groups is 1. The Balaban J connectivity index is 1.55. The first-order valence-electron chi connectivity index (χ1n) is 12.3. The van der Waals surface area contributed by atoms with E-state index in [0.717, 1.165) is 31.7 Å². The van der Waals surface area contributed by atoms with E-state index in [9.17, 15) is 4.79 Å². The average Bonchev–Trinajstić information content (AvgIpc) is 3.64. The van der Waals surface area contributed by atoms with Crippen LogP contribution in [-0.4, -0.2) is 83.3 Å². The van der Waals surface area contributed by atoms with Crippen LogP contribution in [0.15, 0.2) is 30.6 Å². The summed E-state index contributed by atoms with van der Waals surface area (Å²) in [7, 11) is 1.56. The Morgan fingerprint density at radius 2 is 2.14 bits per heavy atom. The number of nitrogens with one attached hydrogen (secondary N) is 4. The van der Waals surface area contributed by atoms with Crippen molar-refractivity contribution in [2.45, 2.75) is 25.8 Å². The molecule has 0 aliphatic carbocycles. The predicted molar refractivity (Wildman–Crippen MR) is 141 cm³/mol. The summed E-state index contributed by atoms with van der Waals surface area (Å²) in [5.74, 6) is 2.37. The highest BCUT2D eigenvalue weighted by Gasteiger charge is 2.25. The number of H-pyrrole nitrogens is 1. The van der Waals surface area contributed by atoms with Crippen molar-refractivity contribution in [2.24, 2.45) is 0 Å². The first kappa shape index (κ1) is 24.5. The van der Waals surface area contributed by atoms with Crippen molar-refractivity contribution >= 4 is 35.4 Å². The molecule has 2 saturated heterocycles. The molecule has 0 aromatic carbocycles. The molecule has 2 aliphatic heterocycles. The quantitative estimate of drug-likeness (QED) is 0.357. The molecule has 2 amide bonds. The number of rotatable bonds is 7. The zero-order valence-corrected chi connectivity index (χ0v) is 21.0. The number of morpholine rings is 1. The minimum atomic E-state index is -0.163. The number of hydrogen-bond acceptors (Lipinski definition) is 9. The van der Waals surface area contributed by atoms with Gasteiger partial charge in [0.05, 0.1) is 44.5 Å². The fraction of sp³-hybridized carbons (Fsp3) is 0.400. The standard InChI is InChI=1S/C25H31N9O3/c1-16-15-37-10-9-34(16)23-11-17(18(13-26)24(31-23)30-22-5-6-28-32-22)19-12-21(36-2)20(14-27-19)29-25(35)33-7-3-4-8-33/h5-6,11-14,16,26H,3-4,7-10,15H2,1-2H3,(H,29,35)(H2,28,30,31,32)/t16-/m1/s1. The van der Waals surface area contributed by atoms with E-state index in [-0.39, 0.29) is 12.1 Å². The summed E-state index contributed by atoms with van der Waals surface area (Å²) < 4.78 is 11.2. The number of pyridine rings is 2. The van der Waals surface area contributed by atoms with E-state index in [4.69, 9.17) is 19.9 Å². The van der Waals surface area contributed by atoms with Crippen LogP contribution in [0.5, 0.6) is 5.75 Å². The molecule has 3 aromatic heterocycles. The van der Waals surface area contributed by atoms with E-state index < -0.39 is 0 Å². The molecule has 0 bridgehead atoms. The number of likely N-dealkylation sites (tertiary alicyclic amines) is 1. The van der Waals surface area contributed by atoms with Gasteiger partial charge in [-0.2, -0.15) is 5.10 Å². The highest BCUT2D eigenvalue weighted by atomic mass is 16.5. The van der Waals surface area contributed by atoms with Crippen molar-refractivity contribution in [1.29, 1.82) is 5.41 Å². The fourth-order valence-electron chi connectivity index (χ4n) is 4.62. The first-order valence-corrected chi connectivity index (χ1v) is 12.3. The van der Waals surface area contributed by atoms with Gasteiger partial charge in [0.25, 0.3) is 0 Å². The molecule has 4 N–H and O–H groups in total. The van der Waals surface area contributed by atoms with E-state index in [1.807, 2.05) is 6.07 Å². The van der Waals surface area contributed by atoms with Crippen LogP contribution >= 0.6 is 0 Å². The number of aromatic nitrogens is 4. The van der Waals surface area contributed by atoms with Crippen LogP contribution in [0.2, 0.25) is 0 Å². The van der Waals surface area contributed by atoms with E-state index in [1.54, 1.807) is 36.5 Å². The molecule has 2 fully saturated rings. The molecule has 1 atom stereocenters. The zero-order chi connectivity index (χ0) is 25.8. The van der Waals surface area contributed by atoms with E-state index in [1.165, 1.54) is 6.21 Å². The van der Waals surface area contributed by atoms with Crippen LogP contribution in [0, 0.1) is 5.41 Å². The predicted octanol–water partition coefficient (Wildman–Crippen LogP) is 3.47. The summed E-state index contributed by atoms with van der Waals surface area (Å²) in [5, 5.41) is 21.2. The lowest BCUT2D eigenvalue weighted by molar-refractivity contribution is 0.0985. The molecule has 0 unspecified atom stereocenters. The summed E-state index contributed by atoms with van der Waals surface area (Å²) in [5.41, 5.74) is 2.34. The largest absolute Gasteiger partial charge is 0.494 e. The van der Waals surface area contributed by atoms with Crippen LogP contribution < -0.4 is 20.3 Å². The number of amides is 2. The Kier molecular flexibility index (Phi) is 7.17. The third kappa shape index (κ3) is 5.19. The zero-order valence-electron chi connectivity index (χ0n) is 21.0. The molecule has 0 saturated carbocycles. The number of hydrogen-bond donors (Lipinski definition) is 4. The molecule has 0 radical (unpaired) electrons. The summed E-state index contributed by atoms with van der Waals surface area (Å²) in [6, 6.07) is 5.46. The molecule has 5 rings (SSSR count). The summed E-state index contributed by atoms with van der Waals surface area (Å²) in [6.45, 7) is 5.48. The van der Waals surface area contributed by atoms with Crippen molar-refractivity contribution in [3.05, 3.63) is 36.2 Å². The van der Waals surface area contributed by atoms with Gasteiger partial charge in [-0.1, -0.05) is 0 Å². The van der Waals surface area contributed by atoms with Gasteiger partial charge in [-0.15, -0.1) is 0 Å². The summed E-state index contributed by atoms with van der Waals surface area (Å²) >= 11 is 0. The molecule has 3 aromatic rings. The molecule has 2 aliphatic rings. The lowest BCUT2D eigenvalue weighted by atomic mass is 10.0. The van der Waals surface area contributed by atoms with Crippen LogP contribution in [-0.2, 0) is 4.74 Å². The van der Waals surface area contributed by atoms with Gasteiger partial charge >= 0.3 is 6.03 Å². The van der Waals surface area contributed by atoms with Crippen molar-refractivity contribution in [3.8, 4) is 17.0 Å². The topological polar surface area (TPSA) is 144 Å². The Hall–Kier alpha value is -4.19. The average molecular weight is 506 g/mol. The second kappa shape index (κ2) is 10.8. The number of aromatic amines is 1. The SMILES string of the molecule is COc1cc(-c2cc(N3CCOC[C@H]3C)nc(Nc3ccn[nH]3)c2C=N)ncc1NC(=O)N1CCCC1. The maximum atomic E-state index is 12.6. The van der Waals surface area contributed by atoms with Crippen LogP contribution in [0.25, 0.3) is 11.3 Å². The van der Waals surface area contributed by atoms with E-state index >= 15 is 0 Å². The number of nitrogens with zero attached hydrogens (tertiary/aromatic N) is 5. The number of methoxy groups -OCH3 is 1. The van der Waals surface area contributed by atoms with Crippen molar-refractivity contribution in [3.63, 3.8) is 0 Å². The van der Waals surface area contributed by atoms with Crippen LogP contribution in [0.1, 0.15) is 25.3 Å². The van der Waals surface area contributed by atoms with Gasteiger partial charge < -0.3 is 35.3 Å². The lowest BCUT2D eigenvalue weighted by Gasteiger charge is -2.35. The van der Waals surface area contributed by atoms with E-state index in [2.05, 4.69) is 37.6 Å². The van der Waals surface area contributed by atoms with Gasteiger partial charge in [0, 0.05) is 49.1 Å². The summed E-state index contributed by atoms with van der Waals surface area (Å²) in [4.78, 5) is 26.1. The van der Waals surface area contributed by atoms with Crippen LogP contribution in [0.4, 0.5) is 27.9 Å². The van der Waals surface area contributed by atoms with E-state index in [0.29, 0.717) is 59.7 Å². The van der Waals surface area contributed by atoms with Gasteiger partial charge in [-0.05, 0) is 25.8 Å². The monoisotopic (exact) mass is 505 g/mol. The number of anilines is 4. The molecule has 0 spiro atoms. The maximum absolute atomic E-state index is 12.6. The van der Waals surface area contributed by atoms with Crippen molar-refractivity contribution in [1.82, 2.24) is 25.1 Å². The molecule has 12 nitrogen and oxygen atoms in total. The van der Waals surface area contributed by atoms with Crippen molar-refractivity contribution < 1.29 is 14.3 Å². The third-order valence-electron chi connectivity index (χ3n) is 6.60. The van der Waals surface area contributed by atoms with Gasteiger partial charge in [-0.25, -0.2) is 9.78 Å². The molecular weight excluding hydrogens is 474 g/mol. The second-order valence-electron chi connectivity index (χ2n) is 9.04. The van der Waals surface area contributed by atoms with Gasteiger partial charge in [0.15, 0.2) is 0 Å². The Morgan fingerprint density at radius 3 is 2.84 bits per heavy atom. The summed E-state index contributed by atoms with van der Waals surface area (Å²) in [6.07, 6.45) is 6.51. The minimum absolute atomic E-state index is 0.130. The second-order valence-corrected chi connectivity index (χ2v) is 9.04. The molecule has 12 heteroatoms. The highest BCUT2D eigenvalue weighted by Crippen LogP contribution is 2.35. The highest BCUT2D eigenvalue weighted by molar-refractivity contribution is 5.96. The Bertz CT molecular complexity index is 1260. The maximum Gasteiger partial charge on any atom is 0.321 e. The van der Waals surface area contributed by atoms with Gasteiger partial charge in [-0.3, -0.25) is 10.1 Å². The number of urea groups is 1.